The number of aromatic nitrogens is 1. The number of nitrogens with zero attached hydrogens (tertiary/aromatic N) is 1. The van der Waals surface area contributed by atoms with Gasteiger partial charge in [-0.05, 0) is 38.1 Å². The van der Waals surface area contributed by atoms with Crippen LogP contribution in [0.3, 0.4) is 0 Å². The number of pyridine rings is 1. The largest absolute Gasteiger partial charge is 0.367 e. The molecule has 0 fully saturated rings. The van der Waals surface area contributed by atoms with Crippen molar-refractivity contribution in [3.63, 3.8) is 0 Å². The second-order valence-electron chi connectivity index (χ2n) is 5.22. The number of benzene rings is 1. The minimum absolute atomic E-state index is 0.120. The van der Waals surface area contributed by atoms with Crippen LogP contribution in [0, 0.1) is 0 Å². The Morgan fingerprint density at radius 3 is 2.43 bits per heavy atom. The summed E-state index contributed by atoms with van der Waals surface area (Å²) in [6.45, 7) is 3.95. The Hall–Kier alpha value is -1.49. The van der Waals surface area contributed by atoms with Gasteiger partial charge in [0.05, 0.1) is 10.0 Å². The van der Waals surface area contributed by atoms with Gasteiger partial charge in [-0.3, -0.25) is 4.79 Å². The maximum atomic E-state index is 11.8. The molecule has 122 valence electrons. The molecule has 2 N–H and O–H groups in total. The van der Waals surface area contributed by atoms with Crippen LogP contribution in [0.5, 0.6) is 0 Å². The molecule has 0 bridgehead atoms. The second kappa shape index (κ2) is 7.39. The molecule has 4 nitrogen and oxygen atoms in total. The molecule has 0 atom stereocenters. The van der Waals surface area contributed by atoms with Crippen LogP contribution >= 0.6 is 34.8 Å². The molecule has 0 aliphatic rings. The van der Waals surface area contributed by atoms with Crippen LogP contribution in [-0.4, -0.2) is 24.0 Å². The number of carbonyl (C=O) groups is 1. The van der Waals surface area contributed by atoms with E-state index in [-0.39, 0.29) is 11.9 Å². The summed E-state index contributed by atoms with van der Waals surface area (Å²) in [6, 6.07) is 6.82. The molecule has 0 spiro atoms. The van der Waals surface area contributed by atoms with Gasteiger partial charge in [0.25, 0.3) is 5.91 Å². The van der Waals surface area contributed by atoms with E-state index < -0.39 is 0 Å². The van der Waals surface area contributed by atoms with E-state index in [0.29, 0.717) is 32.1 Å². The number of hydrogen-bond donors (Lipinski definition) is 2. The molecule has 1 amide bonds. The van der Waals surface area contributed by atoms with E-state index in [1.807, 2.05) is 13.8 Å². The fourth-order valence-electron chi connectivity index (χ4n) is 2.07. The number of hydrogen-bond acceptors (Lipinski definition) is 3. The van der Waals surface area contributed by atoms with Crippen molar-refractivity contribution >= 4 is 46.5 Å². The lowest BCUT2D eigenvalue weighted by atomic mass is 10.1. The summed E-state index contributed by atoms with van der Waals surface area (Å²) in [7, 11) is 1.56. The number of anilines is 1. The van der Waals surface area contributed by atoms with E-state index in [2.05, 4.69) is 15.6 Å². The topological polar surface area (TPSA) is 54.0 Å². The summed E-state index contributed by atoms with van der Waals surface area (Å²) in [6.07, 6.45) is 0. The predicted octanol–water partition coefficient (Wildman–Crippen LogP) is 4.89. The van der Waals surface area contributed by atoms with Gasteiger partial charge in [0, 0.05) is 29.2 Å². The number of carbonyl (C=O) groups excluding carboxylic acids is 1. The first-order chi connectivity index (χ1) is 10.8. The van der Waals surface area contributed by atoms with Crippen molar-refractivity contribution in [3.05, 3.63) is 45.0 Å². The van der Waals surface area contributed by atoms with E-state index in [1.165, 1.54) is 0 Å². The van der Waals surface area contributed by atoms with Gasteiger partial charge in [0.2, 0.25) is 0 Å². The Labute approximate surface area is 150 Å². The maximum absolute atomic E-state index is 11.8. The number of amides is 1. The van der Waals surface area contributed by atoms with Gasteiger partial charge in [-0.2, -0.15) is 0 Å². The van der Waals surface area contributed by atoms with E-state index >= 15 is 0 Å². The molecule has 0 saturated heterocycles. The molecule has 7 heteroatoms. The van der Waals surface area contributed by atoms with Crippen LogP contribution in [0.4, 0.5) is 5.82 Å². The molecule has 0 unspecified atom stereocenters. The first-order valence-corrected chi connectivity index (χ1v) is 8.11. The lowest BCUT2D eigenvalue weighted by molar-refractivity contribution is 0.0958. The summed E-state index contributed by atoms with van der Waals surface area (Å²) >= 11 is 18.5. The van der Waals surface area contributed by atoms with Crippen molar-refractivity contribution in [1.29, 1.82) is 0 Å². The molecule has 0 radical (unpaired) electrons. The highest BCUT2D eigenvalue weighted by Crippen LogP contribution is 2.39. The Morgan fingerprint density at radius 1 is 1.13 bits per heavy atom. The predicted molar refractivity (Wildman–Crippen MR) is 96.9 cm³/mol. The van der Waals surface area contributed by atoms with Crippen molar-refractivity contribution < 1.29 is 4.79 Å². The fourth-order valence-corrected chi connectivity index (χ4v) is 2.77. The first kappa shape index (κ1) is 17.9. The maximum Gasteiger partial charge on any atom is 0.269 e. The Bertz CT molecular complexity index is 748. The van der Waals surface area contributed by atoms with Crippen LogP contribution in [-0.2, 0) is 0 Å². The van der Waals surface area contributed by atoms with Crippen molar-refractivity contribution in [2.75, 3.05) is 12.4 Å². The van der Waals surface area contributed by atoms with Gasteiger partial charge < -0.3 is 10.6 Å². The summed E-state index contributed by atoms with van der Waals surface area (Å²) < 4.78 is 0. The van der Waals surface area contributed by atoms with Crippen molar-refractivity contribution in [2.45, 2.75) is 19.9 Å². The monoisotopic (exact) mass is 371 g/mol. The highest BCUT2D eigenvalue weighted by atomic mass is 35.5. The van der Waals surface area contributed by atoms with Crippen molar-refractivity contribution in [2.24, 2.45) is 0 Å². The highest BCUT2D eigenvalue weighted by Gasteiger charge is 2.17. The van der Waals surface area contributed by atoms with E-state index in [0.717, 1.165) is 5.56 Å². The molecule has 2 rings (SSSR count). The molecule has 23 heavy (non-hydrogen) atoms. The molecule has 0 aliphatic heterocycles. The zero-order valence-corrected chi connectivity index (χ0v) is 15.1. The SMILES string of the molecule is CNC(=O)c1ccc(-c2cc(Cl)cc(Cl)c2Cl)c(NC(C)C)n1. The summed E-state index contributed by atoms with van der Waals surface area (Å²) in [5.74, 6) is 0.278. The molecular weight excluding hydrogens is 357 g/mol. The van der Waals surface area contributed by atoms with Crippen molar-refractivity contribution in [3.8, 4) is 11.1 Å². The minimum Gasteiger partial charge on any atom is -0.367 e. The quantitative estimate of drug-likeness (QED) is 0.751. The third kappa shape index (κ3) is 4.08. The average molecular weight is 373 g/mol. The van der Waals surface area contributed by atoms with E-state index in [1.54, 1.807) is 31.3 Å². The molecule has 0 saturated carbocycles. The number of halogens is 3. The van der Waals surface area contributed by atoms with E-state index in [4.69, 9.17) is 34.8 Å². The summed E-state index contributed by atoms with van der Waals surface area (Å²) in [4.78, 5) is 16.2. The third-order valence-electron chi connectivity index (χ3n) is 3.06. The summed E-state index contributed by atoms with van der Waals surface area (Å²) in [5.41, 5.74) is 1.69. The van der Waals surface area contributed by atoms with Gasteiger partial charge in [0.1, 0.15) is 11.5 Å². The molecule has 2 aromatic rings. The lowest BCUT2D eigenvalue weighted by Gasteiger charge is -2.16. The Kier molecular flexibility index (Phi) is 5.74. The standard InChI is InChI=1S/C16H16Cl3N3O/c1-8(2)21-15-10(4-5-13(22-15)16(23)20-3)11-6-9(17)7-12(18)14(11)19/h4-8H,1-3H3,(H,20,23)(H,21,22). The Balaban J connectivity index is 2.64. The van der Waals surface area contributed by atoms with Gasteiger partial charge in [-0.1, -0.05) is 34.8 Å². The zero-order valence-electron chi connectivity index (χ0n) is 12.9. The molecule has 0 aliphatic carbocycles. The van der Waals surface area contributed by atoms with Crippen LogP contribution < -0.4 is 10.6 Å². The van der Waals surface area contributed by atoms with Gasteiger partial charge in [0.15, 0.2) is 0 Å². The summed E-state index contributed by atoms with van der Waals surface area (Å²) in [5, 5.41) is 6.99. The lowest BCUT2D eigenvalue weighted by Crippen LogP contribution is -2.21. The van der Waals surface area contributed by atoms with Gasteiger partial charge >= 0.3 is 0 Å². The van der Waals surface area contributed by atoms with Crippen molar-refractivity contribution in [1.82, 2.24) is 10.3 Å². The average Bonchev–Trinajstić information content (AvgIpc) is 2.49. The van der Waals surface area contributed by atoms with Gasteiger partial charge in [-0.15, -0.1) is 0 Å². The number of rotatable bonds is 4. The van der Waals surface area contributed by atoms with Crippen LogP contribution in [0.2, 0.25) is 15.1 Å². The molecule has 1 aromatic heterocycles. The first-order valence-electron chi connectivity index (χ1n) is 6.98. The Morgan fingerprint density at radius 2 is 1.83 bits per heavy atom. The molecule has 1 heterocycles. The smallest absolute Gasteiger partial charge is 0.269 e. The van der Waals surface area contributed by atoms with Crippen LogP contribution in [0.1, 0.15) is 24.3 Å². The third-order valence-corrected chi connectivity index (χ3v) is 4.08. The number of nitrogens with one attached hydrogen (secondary N) is 2. The fraction of sp³-hybridized carbons (Fsp3) is 0.250. The highest BCUT2D eigenvalue weighted by molar-refractivity contribution is 6.45. The minimum atomic E-state index is -0.265. The second-order valence-corrected chi connectivity index (χ2v) is 6.44. The van der Waals surface area contributed by atoms with Crippen LogP contribution in [0.15, 0.2) is 24.3 Å². The molecular formula is C16H16Cl3N3O. The van der Waals surface area contributed by atoms with E-state index in [9.17, 15) is 4.79 Å². The van der Waals surface area contributed by atoms with Gasteiger partial charge in [-0.25, -0.2) is 4.98 Å². The normalized spacial score (nSPS) is 10.7. The molecule has 1 aromatic carbocycles. The zero-order chi connectivity index (χ0) is 17.1. The van der Waals surface area contributed by atoms with Crippen LogP contribution in [0.25, 0.3) is 11.1 Å².